The normalized spacial score (nSPS) is 14.6. The highest BCUT2D eigenvalue weighted by molar-refractivity contribution is 6.76. The number of carbonyl (C=O) groups excluding carboxylic acids is 1. The fourth-order valence-electron chi connectivity index (χ4n) is 4.07. The molecule has 0 saturated heterocycles. The third-order valence-electron chi connectivity index (χ3n) is 6.03. The molecule has 8 heteroatoms. The number of nitrogens with one attached hydrogen (secondary N) is 1. The summed E-state index contributed by atoms with van der Waals surface area (Å²) in [5.74, 6) is -0.0907. The molecule has 2 aromatic heterocycles. The lowest BCUT2D eigenvalue weighted by Crippen LogP contribution is -2.22. The van der Waals surface area contributed by atoms with E-state index in [0.717, 1.165) is 45.1 Å². The summed E-state index contributed by atoms with van der Waals surface area (Å²) >= 11 is 0. The lowest BCUT2D eigenvalue weighted by molar-refractivity contribution is -0.110. The summed E-state index contributed by atoms with van der Waals surface area (Å²) in [5.41, 5.74) is 5.88. The Hall–Kier alpha value is -3.88. The number of anilines is 1. The number of carbonyl (C=O) groups is 1. The largest absolute Gasteiger partial charge is 0.360 e. The van der Waals surface area contributed by atoms with Crippen molar-refractivity contribution in [1.82, 2.24) is 19.7 Å². The molecule has 1 aliphatic rings. The topological polar surface area (TPSA) is 81.9 Å². The molecule has 0 radical (unpaired) electrons. The zero-order valence-electron chi connectivity index (χ0n) is 20.7. The molecule has 1 amide bonds. The van der Waals surface area contributed by atoms with Gasteiger partial charge in [-0.1, -0.05) is 43.9 Å². The molecular weight excluding hydrogens is 466 g/mol. The van der Waals surface area contributed by atoms with Gasteiger partial charge in [-0.2, -0.15) is 5.10 Å². The van der Waals surface area contributed by atoms with Gasteiger partial charge in [-0.15, -0.1) is 0 Å². The lowest BCUT2D eigenvalue weighted by atomic mass is 10.0. The van der Waals surface area contributed by atoms with Gasteiger partial charge in [-0.25, -0.2) is 4.68 Å². The Balaban J connectivity index is 1.49. The van der Waals surface area contributed by atoms with E-state index in [0.29, 0.717) is 18.9 Å². The molecule has 1 N–H and O–H groups in total. The number of para-hydroxylation sites is 1. The van der Waals surface area contributed by atoms with Crippen molar-refractivity contribution < 1.29 is 9.53 Å². The number of ether oxygens (including phenoxy) is 1. The van der Waals surface area contributed by atoms with Crippen LogP contribution in [-0.4, -0.2) is 40.3 Å². The maximum atomic E-state index is 12.6. The molecule has 0 unspecified atom stereocenters. The van der Waals surface area contributed by atoms with E-state index in [1.165, 1.54) is 0 Å². The Morgan fingerprint density at radius 1 is 1.08 bits per heavy atom. The van der Waals surface area contributed by atoms with Gasteiger partial charge in [0.05, 0.1) is 23.1 Å². The Morgan fingerprint density at radius 2 is 1.94 bits per heavy atom. The molecule has 7 nitrogen and oxygen atoms in total. The second kappa shape index (κ2) is 10.0. The van der Waals surface area contributed by atoms with Gasteiger partial charge < -0.3 is 10.1 Å². The zero-order chi connectivity index (χ0) is 25.1. The zero-order valence-corrected chi connectivity index (χ0v) is 21.7. The highest BCUT2D eigenvalue weighted by Crippen LogP contribution is 2.33. The molecule has 3 heterocycles. The number of aromatic nitrogens is 4. The average Bonchev–Trinajstić information content (AvgIpc) is 3.37. The quantitative estimate of drug-likeness (QED) is 0.190. The lowest BCUT2D eigenvalue weighted by Gasteiger charge is -2.15. The fraction of sp³-hybridized carbons (Fsp3) is 0.214. The minimum absolute atomic E-state index is 0.0907. The van der Waals surface area contributed by atoms with E-state index in [9.17, 15) is 4.79 Å². The van der Waals surface area contributed by atoms with Crippen LogP contribution >= 0.6 is 0 Å². The highest BCUT2D eigenvalue weighted by Gasteiger charge is 2.23. The first kappa shape index (κ1) is 23.8. The van der Waals surface area contributed by atoms with Crippen LogP contribution in [0.5, 0.6) is 0 Å². The second-order valence-electron chi connectivity index (χ2n) is 10.0. The van der Waals surface area contributed by atoms with Crippen LogP contribution in [0.3, 0.4) is 0 Å². The van der Waals surface area contributed by atoms with E-state index in [1.807, 2.05) is 59.3 Å². The SMILES string of the molecule is C[Si](C)(C)CCOCn1nc(C=Cc2cnccn2)c2ccc(C=C3C(=O)Nc4ccccc43)cc21. The Labute approximate surface area is 211 Å². The molecule has 182 valence electrons. The smallest absolute Gasteiger partial charge is 0.256 e. The molecule has 0 atom stereocenters. The van der Waals surface area contributed by atoms with Gasteiger partial charge in [0.1, 0.15) is 6.73 Å². The van der Waals surface area contributed by atoms with Crippen LogP contribution in [0, 0.1) is 0 Å². The number of benzene rings is 2. The van der Waals surface area contributed by atoms with Crippen molar-refractivity contribution >= 4 is 54.4 Å². The first-order valence-electron chi connectivity index (χ1n) is 12.0. The summed E-state index contributed by atoms with van der Waals surface area (Å²) in [6.45, 7) is 8.09. The predicted molar refractivity (Wildman–Crippen MR) is 148 cm³/mol. The highest BCUT2D eigenvalue weighted by atomic mass is 28.3. The van der Waals surface area contributed by atoms with E-state index in [4.69, 9.17) is 9.84 Å². The molecule has 0 bridgehead atoms. The molecule has 0 fully saturated rings. The van der Waals surface area contributed by atoms with Crippen LogP contribution in [0.15, 0.2) is 61.1 Å². The number of rotatable bonds is 8. The second-order valence-corrected chi connectivity index (χ2v) is 15.7. The maximum Gasteiger partial charge on any atom is 0.256 e. The third-order valence-corrected chi connectivity index (χ3v) is 7.73. The number of nitrogens with zero attached hydrogens (tertiary/aromatic N) is 4. The molecular formula is C28H29N5O2Si. The minimum atomic E-state index is -1.18. The van der Waals surface area contributed by atoms with Crippen LogP contribution in [0.25, 0.3) is 34.7 Å². The van der Waals surface area contributed by atoms with Gasteiger partial charge in [-0.05, 0) is 48.0 Å². The van der Waals surface area contributed by atoms with Gasteiger partial charge in [0.15, 0.2) is 0 Å². The van der Waals surface area contributed by atoms with Gasteiger partial charge >= 0.3 is 0 Å². The van der Waals surface area contributed by atoms with Crippen LogP contribution < -0.4 is 5.32 Å². The molecule has 36 heavy (non-hydrogen) atoms. The first-order chi connectivity index (χ1) is 17.4. The van der Waals surface area contributed by atoms with Crippen molar-refractivity contribution in [3.8, 4) is 0 Å². The van der Waals surface area contributed by atoms with Crippen molar-refractivity contribution in [3.63, 3.8) is 0 Å². The minimum Gasteiger partial charge on any atom is -0.360 e. The fourth-order valence-corrected chi connectivity index (χ4v) is 4.82. The third kappa shape index (κ3) is 5.34. The summed E-state index contributed by atoms with van der Waals surface area (Å²) in [5, 5.41) is 8.77. The van der Waals surface area contributed by atoms with Gasteiger partial charge in [0, 0.05) is 49.3 Å². The molecule has 5 rings (SSSR count). The number of fused-ring (bicyclic) bond motifs is 2. The molecule has 2 aromatic carbocycles. The van der Waals surface area contributed by atoms with E-state index in [1.54, 1.807) is 18.6 Å². The van der Waals surface area contributed by atoms with E-state index < -0.39 is 8.07 Å². The molecule has 0 aliphatic carbocycles. The Kier molecular flexibility index (Phi) is 6.62. The molecule has 1 aliphatic heterocycles. The number of hydrogen-bond acceptors (Lipinski definition) is 5. The van der Waals surface area contributed by atoms with Gasteiger partial charge in [-0.3, -0.25) is 14.8 Å². The van der Waals surface area contributed by atoms with Crippen molar-refractivity contribution in [2.45, 2.75) is 32.4 Å². The number of amides is 1. The van der Waals surface area contributed by atoms with E-state index in [2.05, 4.69) is 41.0 Å². The summed E-state index contributed by atoms with van der Waals surface area (Å²) < 4.78 is 7.92. The molecule has 0 spiro atoms. The van der Waals surface area contributed by atoms with Gasteiger partial charge in [0.2, 0.25) is 0 Å². The van der Waals surface area contributed by atoms with Crippen LogP contribution in [0.1, 0.15) is 22.5 Å². The summed E-state index contributed by atoms with van der Waals surface area (Å²) in [4.78, 5) is 21.0. The monoisotopic (exact) mass is 495 g/mol. The van der Waals surface area contributed by atoms with E-state index >= 15 is 0 Å². The Bertz CT molecular complexity index is 1470. The van der Waals surface area contributed by atoms with Gasteiger partial charge in [0.25, 0.3) is 5.91 Å². The van der Waals surface area contributed by atoms with Crippen molar-refractivity contribution in [3.05, 3.63) is 83.6 Å². The number of hydrogen-bond donors (Lipinski definition) is 1. The maximum absolute atomic E-state index is 12.6. The molecule has 0 saturated carbocycles. The van der Waals surface area contributed by atoms with Crippen molar-refractivity contribution in [2.24, 2.45) is 0 Å². The molecule has 4 aromatic rings. The van der Waals surface area contributed by atoms with Crippen LogP contribution in [-0.2, 0) is 16.3 Å². The summed E-state index contributed by atoms with van der Waals surface area (Å²) in [6, 6.07) is 15.0. The summed E-state index contributed by atoms with van der Waals surface area (Å²) in [7, 11) is -1.18. The Morgan fingerprint density at radius 3 is 2.75 bits per heavy atom. The van der Waals surface area contributed by atoms with Crippen molar-refractivity contribution in [1.29, 1.82) is 0 Å². The van der Waals surface area contributed by atoms with Crippen LogP contribution in [0.4, 0.5) is 5.69 Å². The average molecular weight is 496 g/mol. The van der Waals surface area contributed by atoms with E-state index in [-0.39, 0.29) is 5.91 Å². The predicted octanol–water partition coefficient (Wildman–Crippen LogP) is 5.80. The van der Waals surface area contributed by atoms with Crippen molar-refractivity contribution in [2.75, 3.05) is 11.9 Å². The summed E-state index contributed by atoms with van der Waals surface area (Å²) in [6.07, 6.45) is 10.8. The first-order valence-corrected chi connectivity index (χ1v) is 15.7. The standard InChI is InChI=1S/C28H29N5O2Si/c1-36(2,3)15-14-35-19-33-27-17-20(16-24-22-6-4-5-7-25(22)31-28(24)34)8-10-23(27)26(32-33)11-9-21-18-29-12-13-30-21/h4-13,16-18H,14-15,19H2,1-3H3,(H,31,34). The van der Waals surface area contributed by atoms with Crippen LogP contribution in [0.2, 0.25) is 25.7 Å².